The number of carboxylic acid groups (broad SMARTS) is 1. The summed E-state index contributed by atoms with van der Waals surface area (Å²) in [5.74, 6) is -1.06. The second-order valence-corrected chi connectivity index (χ2v) is 20.6. The third-order valence-corrected chi connectivity index (χ3v) is 12.1. The molecule has 0 unspecified atom stereocenters. The average Bonchev–Trinajstić information content (AvgIpc) is 3.56. The zero-order chi connectivity index (χ0) is 48.6. The predicted molar refractivity (Wildman–Crippen MR) is 249 cm³/mol. The van der Waals surface area contributed by atoms with Crippen molar-refractivity contribution in [3.63, 3.8) is 0 Å². The number of nitrogens with zero attached hydrogens (tertiary/aromatic N) is 4. The quantitative estimate of drug-likeness (QED) is 0.0534. The first-order valence-electron chi connectivity index (χ1n) is 21.9. The van der Waals surface area contributed by atoms with E-state index >= 15 is 0 Å². The van der Waals surface area contributed by atoms with Crippen LogP contribution in [0.1, 0.15) is 84.3 Å². The number of phosphoric ester groups is 1. The minimum atomic E-state index is -4.84. The predicted octanol–water partition coefficient (Wildman–Crippen LogP) is 6.03. The fraction of sp³-hybridized carbons (Fsp3) is 0.458. The third-order valence-electron chi connectivity index (χ3n) is 11.4. The van der Waals surface area contributed by atoms with Crippen LogP contribution < -0.4 is 16.0 Å². The van der Waals surface area contributed by atoms with Crippen LogP contribution in [0.25, 0.3) is 11.3 Å². The summed E-state index contributed by atoms with van der Waals surface area (Å²) in [5.41, 5.74) is 1.02. The van der Waals surface area contributed by atoms with E-state index in [1.54, 1.807) is 50.1 Å². The lowest BCUT2D eigenvalue weighted by atomic mass is 9.84. The fourth-order valence-electron chi connectivity index (χ4n) is 8.21. The highest BCUT2D eigenvalue weighted by Gasteiger charge is 2.45. The maximum absolute atomic E-state index is 14.7. The molecule has 356 valence electrons. The van der Waals surface area contributed by atoms with Crippen molar-refractivity contribution < 1.29 is 48.3 Å². The second-order valence-electron chi connectivity index (χ2n) is 19.5. The number of carbonyl (C=O) groups excluding carboxylic acids is 3. The summed E-state index contributed by atoms with van der Waals surface area (Å²) >= 11 is 0. The van der Waals surface area contributed by atoms with E-state index in [9.17, 15) is 43.7 Å². The molecule has 5 amide bonds. The van der Waals surface area contributed by atoms with Crippen LogP contribution in [0.15, 0.2) is 97.2 Å². The Bertz CT molecular complexity index is 2330. The highest BCUT2D eigenvalue weighted by atomic mass is 31.2. The number of hydrogen-bond acceptors (Lipinski definition) is 9. The van der Waals surface area contributed by atoms with Gasteiger partial charge < -0.3 is 45.8 Å². The first-order valence-corrected chi connectivity index (χ1v) is 23.4. The van der Waals surface area contributed by atoms with Crippen LogP contribution in [-0.4, -0.2) is 107 Å². The minimum absolute atomic E-state index is 0.0336. The number of hydrogen-bond donors (Lipinski definition) is 7. The van der Waals surface area contributed by atoms with Crippen molar-refractivity contribution >= 4 is 31.8 Å². The van der Waals surface area contributed by atoms with Gasteiger partial charge in [0.15, 0.2) is 0 Å². The number of phosphoric acid groups is 1. The Kier molecular flexibility index (Phi) is 16.5. The van der Waals surface area contributed by atoms with E-state index < -0.39 is 78.5 Å². The number of aromatic nitrogens is 2. The van der Waals surface area contributed by atoms with Gasteiger partial charge in [-0.25, -0.2) is 14.2 Å². The zero-order valence-corrected chi connectivity index (χ0v) is 39.7. The Morgan fingerprint density at radius 3 is 2.02 bits per heavy atom. The van der Waals surface area contributed by atoms with E-state index in [1.165, 1.54) is 18.7 Å². The molecule has 1 saturated heterocycles. The number of pyridine rings is 2. The standard InChI is InChI=1S/C48H64N7O10P/c1-46(2,3)40(53-44(59)60)42(57)51-35(27-32-20-22-33(23-21-32)36-18-12-13-24-49-36)29-38(56)37(28-31-15-10-9-11-16-31)52-43(58)41(47(4,5)6)55-26-25-54(45(55)61)30-34-17-14-19-39(50-34)48(7,8)65-66(62,63)64/h9-24,35,37-38,40-41,53,56H,25-30H2,1-8H3,(H,51,57)(H,52,58)(H,59,60)(H2,62,63,64)/t35-,37+,38+,40-,41-/m1/s1. The Balaban J connectivity index is 1.40. The number of aliphatic hydroxyl groups excluding tert-OH is 1. The maximum Gasteiger partial charge on any atom is 0.470 e. The third kappa shape index (κ3) is 14.4. The van der Waals surface area contributed by atoms with Gasteiger partial charge in [0.1, 0.15) is 17.7 Å². The fourth-order valence-corrected chi connectivity index (χ4v) is 8.90. The topological polar surface area (TPSA) is 244 Å². The number of benzene rings is 2. The molecular formula is C48H64N7O10P. The van der Waals surface area contributed by atoms with Gasteiger partial charge in [0, 0.05) is 30.9 Å². The summed E-state index contributed by atoms with van der Waals surface area (Å²) < 4.78 is 16.6. The normalized spacial score (nSPS) is 16.0. The molecule has 5 rings (SSSR count). The molecule has 0 bridgehead atoms. The van der Waals surface area contributed by atoms with Crippen molar-refractivity contribution in [3.05, 3.63) is 120 Å². The number of amides is 5. The molecule has 4 aromatic rings. The van der Waals surface area contributed by atoms with Crippen LogP contribution in [0.2, 0.25) is 0 Å². The van der Waals surface area contributed by atoms with Crippen molar-refractivity contribution in [1.82, 2.24) is 35.7 Å². The van der Waals surface area contributed by atoms with Gasteiger partial charge in [0.25, 0.3) is 0 Å². The van der Waals surface area contributed by atoms with E-state index in [1.807, 2.05) is 93.6 Å². The van der Waals surface area contributed by atoms with Gasteiger partial charge in [0.2, 0.25) is 11.8 Å². The summed E-state index contributed by atoms with van der Waals surface area (Å²) in [4.78, 5) is 85.6. The van der Waals surface area contributed by atoms with Gasteiger partial charge in [-0.05, 0) is 79.3 Å². The molecule has 66 heavy (non-hydrogen) atoms. The number of aliphatic hydroxyl groups is 1. The van der Waals surface area contributed by atoms with E-state index in [2.05, 4.69) is 25.9 Å². The molecule has 1 aliphatic rings. The number of urea groups is 1. The highest BCUT2D eigenvalue weighted by Crippen LogP contribution is 2.44. The molecule has 0 saturated carbocycles. The lowest BCUT2D eigenvalue weighted by molar-refractivity contribution is -0.131. The van der Waals surface area contributed by atoms with Crippen molar-refractivity contribution in [3.8, 4) is 11.3 Å². The van der Waals surface area contributed by atoms with Gasteiger partial charge >= 0.3 is 19.9 Å². The molecule has 0 aliphatic carbocycles. The van der Waals surface area contributed by atoms with Crippen LogP contribution in [0.4, 0.5) is 9.59 Å². The van der Waals surface area contributed by atoms with Crippen molar-refractivity contribution in [2.24, 2.45) is 10.8 Å². The first-order chi connectivity index (χ1) is 30.8. The Morgan fingerprint density at radius 1 is 0.773 bits per heavy atom. The molecule has 7 N–H and O–H groups in total. The highest BCUT2D eigenvalue weighted by molar-refractivity contribution is 7.46. The molecule has 2 aromatic heterocycles. The minimum Gasteiger partial charge on any atom is -0.465 e. The second kappa shape index (κ2) is 21.3. The van der Waals surface area contributed by atoms with Crippen molar-refractivity contribution in [2.75, 3.05) is 13.1 Å². The van der Waals surface area contributed by atoms with E-state index in [-0.39, 0.29) is 44.6 Å². The molecule has 5 atom stereocenters. The lowest BCUT2D eigenvalue weighted by Crippen LogP contribution is -2.59. The Morgan fingerprint density at radius 2 is 1.42 bits per heavy atom. The van der Waals surface area contributed by atoms with Gasteiger partial charge in [-0.3, -0.25) is 24.1 Å². The Labute approximate surface area is 386 Å². The molecule has 1 aliphatic heterocycles. The van der Waals surface area contributed by atoms with Crippen molar-refractivity contribution in [2.45, 2.75) is 117 Å². The smallest absolute Gasteiger partial charge is 0.465 e. The first kappa shape index (κ1) is 51.3. The molecular weight excluding hydrogens is 866 g/mol. The maximum atomic E-state index is 14.7. The molecule has 0 radical (unpaired) electrons. The summed E-state index contributed by atoms with van der Waals surface area (Å²) in [5, 5.41) is 30.3. The number of carbonyl (C=O) groups is 4. The molecule has 18 heteroatoms. The van der Waals surface area contributed by atoms with E-state index in [0.29, 0.717) is 5.69 Å². The van der Waals surface area contributed by atoms with Crippen LogP contribution in [-0.2, 0) is 43.7 Å². The van der Waals surface area contributed by atoms with Crippen LogP contribution in [0.5, 0.6) is 0 Å². The van der Waals surface area contributed by atoms with Gasteiger partial charge in [-0.1, -0.05) is 108 Å². The molecule has 1 fully saturated rings. The Hall–Kier alpha value is -5.71. The van der Waals surface area contributed by atoms with Crippen LogP contribution >= 0.6 is 7.82 Å². The number of rotatable bonds is 19. The average molecular weight is 930 g/mol. The monoisotopic (exact) mass is 929 g/mol. The summed E-state index contributed by atoms with van der Waals surface area (Å²) in [6.45, 7) is 14.3. The summed E-state index contributed by atoms with van der Waals surface area (Å²) in [6, 6.07) is 23.4. The lowest BCUT2D eigenvalue weighted by Gasteiger charge is -2.38. The van der Waals surface area contributed by atoms with Gasteiger partial charge in [-0.2, -0.15) is 0 Å². The summed E-state index contributed by atoms with van der Waals surface area (Å²) in [7, 11) is -4.84. The van der Waals surface area contributed by atoms with Crippen LogP contribution in [0, 0.1) is 10.8 Å². The van der Waals surface area contributed by atoms with Gasteiger partial charge in [0.05, 0.1) is 35.8 Å². The van der Waals surface area contributed by atoms with E-state index in [0.717, 1.165) is 22.4 Å². The van der Waals surface area contributed by atoms with E-state index in [4.69, 9.17) is 4.52 Å². The largest absolute Gasteiger partial charge is 0.470 e. The van der Waals surface area contributed by atoms with Crippen LogP contribution in [0.3, 0.4) is 0 Å². The molecule has 3 heterocycles. The molecule has 17 nitrogen and oxygen atoms in total. The SMILES string of the molecule is CC(C)(OP(=O)(O)O)c1cccc(CN2CCN([C@H](C(=O)N[C@@H](Cc3ccccc3)[C@@H](O)C[C@@H](Cc3ccc(-c4ccccn4)cc3)NC(=O)[C@@H](NC(=O)O)C(C)(C)C)C(C)(C)C)C2=O)n1. The molecule has 0 spiro atoms. The number of nitrogens with one attached hydrogen (secondary N) is 3. The van der Waals surface area contributed by atoms with Crippen molar-refractivity contribution in [1.29, 1.82) is 0 Å². The van der Waals surface area contributed by atoms with Gasteiger partial charge in [-0.15, -0.1) is 0 Å². The summed E-state index contributed by atoms with van der Waals surface area (Å²) in [6.07, 6.45) is -0.454. The zero-order valence-electron chi connectivity index (χ0n) is 38.8. The molecule has 2 aromatic carbocycles.